The molecule has 5 nitrogen and oxygen atoms in total. The smallest absolute Gasteiger partial charge is 0.243 e. The lowest BCUT2D eigenvalue weighted by Crippen LogP contribution is -2.34. The first-order valence-electron chi connectivity index (χ1n) is 9.95. The summed E-state index contributed by atoms with van der Waals surface area (Å²) >= 11 is 24.8. The van der Waals surface area contributed by atoms with E-state index < -0.39 is 16.1 Å². The zero-order valence-electron chi connectivity index (χ0n) is 17.3. The van der Waals surface area contributed by atoms with Crippen molar-refractivity contribution in [1.29, 1.82) is 0 Å². The van der Waals surface area contributed by atoms with Gasteiger partial charge in [-0.2, -0.15) is 9.82 Å². The fourth-order valence-electron chi connectivity index (χ4n) is 3.75. The molecule has 0 radical (unpaired) electrons. The molecule has 4 rings (SSSR count). The van der Waals surface area contributed by atoms with E-state index in [0.717, 1.165) is 5.56 Å². The van der Waals surface area contributed by atoms with Gasteiger partial charge in [0.15, 0.2) is 0 Å². The number of halogens is 4. The maximum absolute atomic E-state index is 13.4. The van der Waals surface area contributed by atoms with Crippen LogP contribution in [-0.2, 0) is 10.0 Å². The van der Waals surface area contributed by atoms with Gasteiger partial charge in [-0.05, 0) is 53.9 Å². The van der Waals surface area contributed by atoms with Crippen LogP contribution in [-0.4, -0.2) is 14.1 Å². The van der Waals surface area contributed by atoms with Crippen LogP contribution < -0.4 is 10.1 Å². The van der Waals surface area contributed by atoms with Gasteiger partial charge in [0.2, 0.25) is 10.0 Å². The lowest BCUT2D eigenvalue weighted by Gasteiger charge is -2.22. The van der Waals surface area contributed by atoms with Gasteiger partial charge in [-0.3, -0.25) is 0 Å². The Labute approximate surface area is 212 Å². The fraction of sp³-hybridized carbons (Fsp3) is 0.174. The predicted octanol–water partition coefficient (Wildman–Crippen LogP) is 6.72. The molecule has 1 aliphatic rings. The van der Waals surface area contributed by atoms with E-state index in [0.29, 0.717) is 38.3 Å². The van der Waals surface area contributed by atoms with Crippen molar-refractivity contribution < 1.29 is 8.42 Å². The number of aryl methyl sites for hydroxylation is 1. The number of sulfonamides is 1. The summed E-state index contributed by atoms with van der Waals surface area (Å²) in [6, 6.07) is 16.3. The summed E-state index contributed by atoms with van der Waals surface area (Å²) in [5, 5.41) is 5.99. The van der Waals surface area contributed by atoms with Crippen molar-refractivity contribution in [1.82, 2.24) is 10.1 Å². The van der Waals surface area contributed by atoms with Crippen LogP contribution in [0.2, 0.25) is 20.1 Å². The second kappa shape index (κ2) is 9.82. The molecular weight excluding hydrogens is 524 g/mol. The highest BCUT2D eigenvalue weighted by atomic mass is 35.5. The second-order valence-electron chi connectivity index (χ2n) is 7.65. The quantitative estimate of drug-likeness (QED) is 0.363. The molecule has 2 N–H and O–H groups in total. The van der Waals surface area contributed by atoms with Gasteiger partial charge < -0.3 is 5.43 Å². The van der Waals surface area contributed by atoms with Crippen LogP contribution in [0.3, 0.4) is 0 Å². The average Bonchev–Trinajstić information content (AvgIpc) is 3.23. The monoisotopic (exact) mass is 541 g/mol. The average molecular weight is 543 g/mol. The van der Waals surface area contributed by atoms with E-state index in [9.17, 15) is 8.42 Å². The maximum Gasteiger partial charge on any atom is 0.243 e. The Balaban J connectivity index is 1.71. The van der Waals surface area contributed by atoms with Gasteiger partial charge in [0, 0.05) is 21.5 Å². The highest BCUT2D eigenvalue weighted by molar-refractivity contribution is 7.89. The number of nitrogens with one attached hydrogen (secondary N) is 2. The molecule has 1 heterocycles. The third-order valence-electron chi connectivity index (χ3n) is 5.36. The number of hydrogen-bond acceptors (Lipinski definition) is 4. The largest absolute Gasteiger partial charge is 0.302 e. The van der Waals surface area contributed by atoms with Gasteiger partial charge in [0.25, 0.3) is 0 Å². The minimum Gasteiger partial charge on any atom is -0.302 e. The molecule has 2 atom stereocenters. The number of rotatable bonds is 6. The molecule has 0 aromatic heterocycles. The molecule has 0 saturated carbocycles. The van der Waals surface area contributed by atoms with Gasteiger partial charge in [0.1, 0.15) is 4.90 Å². The first-order chi connectivity index (χ1) is 15.7. The summed E-state index contributed by atoms with van der Waals surface area (Å²) in [6.07, 6.45) is 0.454. The standard InChI is InChI=1S/C23H19Cl4N3O2S/c1-13-3-2-4-18(26)23(13)33(31,32)30-22(17-10-9-16(25)11-19(17)27)21-12-20(28-29-21)14-5-7-15(24)8-6-14/h2-11,20,22,28,30H,12H2,1H3/t20?,22-/m0/s1. The molecule has 0 aliphatic carbocycles. The molecule has 1 unspecified atom stereocenters. The van der Waals surface area contributed by atoms with Crippen LogP contribution in [0.5, 0.6) is 0 Å². The molecule has 0 fully saturated rings. The zero-order valence-corrected chi connectivity index (χ0v) is 21.2. The fourth-order valence-corrected chi connectivity index (χ4v) is 6.43. The molecule has 0 bridgehead atoms. The summed E-state index contributed by atoms with van der Waals surface area (Å²) in [4.78, 5) is 0.0163. The molecule has 33 heavy (non-hydrogen) atoms. The van der Waals surface area contributed by atoms with Gasteiger partial charge >= 0.3 is 0 Å². The Morgan fingerprint density at radius 3 is 2.33 bits per heavy atom. The molecule has 0 spiro atoms. The Morgan fingerprint density at radius 2 is 1.67 bits per heavy atom. The third kappa shape index (κ3) is 5.32. The molecule has 10 heteroatoms. The molecule has 3 aromatic carbocycles. The second-order valence-corrected chi connectivity index (χ2v) is 11.0. The number of nitrogens with zero attached hydrogens (tertiary/aromatic N) is 1. The van der Waals surface area contributed by atoms with E-state index in [1.807, 2.05) is 12.1 Å². The first-order valence-corrected chi connectivity index (χ1v) is 12.9. The van der Waals surface area contributed by atoms with E-state index in [1.165, 1.54) is 0 Å². The van der Waals surface area contributed by atoms with Crippen molar-refractivity contribution in [2.24, 2.45) is 5.10 Å². The van der Waals surface area contributed by atoms with E-state index in [-0.39, 0.29) is 16.0 Å². The number of hydrazone groups is 1. The molecule has 3 aromatic rings. The highest BCUT2D eigenvalue weighted by Gasteiger charge is 2.33. The van der Waals surface area contributed by atoms with Crippen LogP contribution in [0.25, 0.3) is 0 Å². The molecule has 0 amide bonds. The minimum atomic E-state index is -4.02. The normalized spacial score (nSPS) is 16.9. The van der Waals surface area contributed by atoms with E-state index >= 15 is 0 Å². The number of hydrogen-bond donors (Lipinski definition) is 2. The lowest BCUT2D eigenvalue weighted by molar-refractivity contribution is 0.576. The summed E-state index contributed by atoms with van der Waals surface area (Å²) < 4.78 is 29.6. The van der Waals surface area contributed by atoms with E-state index in [4.69, 9.17) is 46.4 Å². The lowest BCUT2D eigenvalue weighted by atomic mass is 9.96. The zero-order chi connectivity index (χ0) is 23.8. The summed E-state index contributed by atoms with van der Waals surface area (Å²) in [7, 11) is -4.02. The summed E-state index contributed by atoms with van der Waals surface area (Å²) in [5.41, 5.74) is 5.70. The van der Waals surface area contributed by atoms with Crippen molar-refractivity contribution in [2.75, 3.05) is 0 Å². The van der Waals surface area contributed by atoms with Crippen LogP contribution >= 0.6 is 46.4 Å². The first kappa shape index (κ1) is 24.3. The van der Waals surface area contributed by atoms with E-state index in [2.05, 4.69) is 15.2 Å². The predicted molar refractivity (Wildman–Crippen MR) is 135 cm³/mol. The van der Waals surface area contributed by atoms with E-state index in [1.54, 1.807) is 55.5 Å². The van der Waals surface area contributed by atoms with Gasteiger partial charge in [-0.25, -0.2) is 8.42 Å². The SMILES string of the molecule is Cc1cccc(Cl)c1S(=O)(=O)N[C@H](C1=NNC(c2ccc(Cl)cc2)C1)c1ccc(Cl)cc1Cl. The molecule has 1 aliphatic heterocycles. The van der Waals surface area contributed by atoms with Crippen molar-refractivity contribution >= 4 is 62.1 Å². The highest BCUT2D eigenvalue weighted by Crippen LogP contribution is 2.34. The Hall–Kier alpha value is -1.80. The van der Waals surface area contributed by atoms with Crippen LogP contribution in [0.15, 0.2) is 70.7 Å². The van der Waals surface area contributed by atoms with Crippen molar-refractivity contribution in [2.45, 2.75) is 30.3 Å². The maximum atomic E-state index is 13.4. The van der Waals surface area contributed by atoms with Gasteiger partial charge in [-0.1, -0.05) is 76.7 Å². The topological polar surface area (TPSA) is 70.6 Å². The Bertz CT molecular complexity index is 1310. The van der Waals surface area contributed by atoms with Gasteiger partial charge in [0.05, 0.1) is 22.8 Å². The van der Waals surface area contributed by atoms with Crippen molar-refractivity contribution in [3.8, 4) is 0 Å². The Morgan fingerprint density at radius 1 is 0.970 bits per heavy atom. The minimum absolute atomic E-state index is 0.0163. The van der Waals surface area contributed by atoms with Gasteiger partial charge in [-0.15, -0.1) is 0 Å². The molecule has 0 saturated heterocycles. The molecule has 172 valence electrons. The van der Waals surface area contributed by atoms with Crippen LogP contribution in [0, 0.1) is 6.92 Å². The van der Waals surface area contributed by atoms with Crippen molar-refractivity contribution in [3.63, 3.8) is 0 Å². The van der Waals surface area contributed by atoms with Crippen molar-refractivity contribution in [3.05, 3.63) is 97.4 Å². The third-order valence-corrected chi connectivity index (χ3v) is 8.23. The number of benzene rings is 3. The van der Waals surface area contributed by atoms with Crippen LogP contribution in [0.4, 0.5) is 0 Å². The molecular formula is C23H19Cl4N3O2S. The van der Waals surface area contributed by atoms with Crippen LogP contribution in [0.1, 0.15) is 35.2 Å². The summed E-state index contributed by atoms with van der Waals surface area (Å²) in [6.45, 7) is 1.69. The summed E-state index contributed by atoms with van der Waals surface area (Å²) in [5.74, 6) is 0. The Kier molecular flexibility index (Phi) is 7.24.